The van der Waals surface area contributed by atoms with E-state index in [4.69, 9.17) is 4.98 Å². The molecule has 1 aromatic heterocycles. The minimum absolute atomic E-state index is 0.00707. The molecule has 1 aliphatic rings. The summed E-state index contributed by atoms with van der Waals surface area (Å²) >= 11 is 1.60. The number of aromatic nitrogens is 2. The van der Waals surface area contributed by atoms with Gasteiger partial charge in [-0.15, -0.1) is 0 Å². The number of carbonyl (C=O) groups is 1. The second kappa shape index (κ2) is 8.57. The molecule has 1 fully saturated rings. The predicted molar refractivity (Wildman–Crippen MR) is 116 cm³/mol. The number of benzene rings is 2. The van der Waals surface area contributed by atoms with Crippen molar-refractivity contribution in [1.29, 1.82) is 0 Å². The molecule has 0 saturated heterocycles. The SMILES string of the molecule is CC1CCCCC1NC(=O)c1ccc2nc(SCc3ccc(F)cc3)n(C)c2c1. The van der Waals surface area contributed by atoms with Gasteiger partial charge in [-0.1, -0.05) is 43.7 Å². The molecule has 4 rings (SSSR count). The standard InChI is InChI=1S/C23H26FN3OS/c1-15-5-3-4-6-19(15)25-22(28)17-9-12-20-21(13-17)27(2)23(26-20)29-14-16-7-10-18(24)11-8-16/h7-13,15,19H,3-6,14H2,1-2H3,(H,25,28). The summed E-state index contributed by atoms with van der Waals surface area (Å²) in [7, 11) is 1.97. The third kappa shape index (κ3) is 4.47. The first-order chi connectivity index (χ1) is 14.0. The monoisotopic (exact) mass is 411 g/mol. The highest BCUT2D eigenvalue weighted by Crippen LogP contribution is 2.27. The molecule has 1 saturated carbocycles. The van der Waals surface area contributed by atoms with E-state index < -0.39 is 0 Å². The quantitative estimate of drug-likeness (QED) is 0.579. The zero-order chi connectivity index (χ0) is 20.4. The Labute approximate surface area is 174 Å². The Morgan fingerprint density at radius 3 is 2.72 bits per heavy atom. The maximum Gasteiger partial charge on any atom is 0.251 e. The molecule has 4 nitrogen and oxygen atoms in total. The Morgan fingerprint density at radius 2 is 1.97 bits per heavy atom. The highest BCUT2D eigenvalue weighted by atomic mass is 32.2. The largest absolute Gasteiger partial charge is 0.349 e. The van der Waals surface area contributed by atoms with Crippen molar-refractivity contribution in [2.24, 2.45) is 13.0 Å². The Bertz CT molecular complexity index is 1010. The van der Waals surface area contributed by atoms with Crippen molar-refractivity contribution in [2.75, 3.05) is 0 Å². The van der Waals surface area contributed by atoms with Gasteiger partial charge in [0.25, 0.3) is 5.91 Å². The lowest BCUT2D eigenvalue weighted by Crippen LogP contribution is -2.41. The molecule has 0 spiro atoms. The summed E-state index contributed by atoms with van der Waals surface area (Å²) in [5.41, 5.74) is 3.53. The van der Waals surface area contributed by atoms with E-state index in [0.29, 0.717) is 17.2 Å². The fourth-order valence-corrected chi connectivity index (χ4v) is 4.89. The average molecular weight is 412 g/mol. The van der Waals surface area contributed by atoms with E-state index in [1.807, 2.05) is 29.8 Å². The molecular weight excluding hydrogens is 385 g/mol. The van der Waals surface area contributed by atoms with Crippen LogP contribution in [0.5, 0.6) is 0 Å². The van der Waals surface area contributed by atoms with Crippen LogP contribution < -0.4 is 5.32 Å². The van der Waals surface area contributed by atoms with Crippen LogP contribution in [0.3, 0.4) is 0 Å². The minimum Gasteiger partial charge on any atom is -0.349 e. The molecule has 0 aliphatic heterocycles. The summed E-state index contributed by atoms with van der Waals surface area (Å²) in [5, 5.41) is 4.10. The van der Waals surface area contributed by atoms with Crippen molar-refractivity contribution in [3.63, 3.8) is 0 Å². The van der Waals surface area contributed by atoms with Gasteiger partial charge < -0.3 is 9.88 Å². The second-order valence-electron chi connectivity index (χ2n) is 7.91. The van der Waals surface area contributed by atoms with Crippen LogP contribution in [0.15, 0.2) is 47.6 Å². The van der Waals surface area contributed by atoms with Crippen molar-refractivity contribution in [3.05, 3.63) is 59.4 Å². The van der Waals surface area contributed by atoms with Gasteiger partial charge >= 0.3 is 0 Å². The first-order valence-electron chi connectivity index (χ1n) is 10.2. The summed E-state index contributed by atoms with van der Waals surface area (Å²) in [6.45, 7) is 2.22. The van der Waals surface area contributed by atoms with Crippen LogP contribution in [-0.4, -0.2) is 21.5 Å². The summed E-state index contributed by atoms with van der Waals surface area (Å²) in [5.74, 6) is 1.01. The maximum absolute atomic E-state index is 13.1. The Morgan fingerprint density at radius 1 is 1.21 bits per heavy atom. The third-order valence-corrected chi connectivity index (χ3v) is 6.91. The van der Waals surface area contributed by atoms with Crippen molar-refractivity contribution in [1.82, 2.24) is 14.9 Å². The van der Waals surface area contributed by atoms with E-state index >= 15 is 0 Å². The van der Waals surface area contributed by atoms with Crippen molar-refractivity contribution < 1.29 is 9.18 Å². The van der Waals surface area contributed by atoms with Crippen LogP contribution in [-0.2, 0) is 12.8 Å². The number of fused-ring (bicyclic) bond motifs is 1. The van der Waals surface area contributed by atoms with Gasteiger partial charge in [0, 0.05) is 24.4 Å². The fourth-order valence-electron chi connectivity index (χ4n) is 3.95. The molecule has 1 heterocycles. The zero-order valence-electron chi connectivity index (χ0n) is 16.8. The van der Waals surface area contributed by atoms with Crippen LogP contribution in [0, 0.1) is 11.7 Å². The molecule has 1 amide bonds. The number of halogens is 1. The lowest BCUT2D eigenvalue weighted by Gasteiger charge is -2.29. The topological polar surface area (TPSA) is 46.9 Å². The lowest BCUT2D eigenvalue weighted by molar-refractivity contribution is 0.0910. The summed E-state index contributed by atoms with van der Waals surface area (Å²) in [6.07, 6.45) is 4.68. The zero-order valence-corrected chi connectivity index (χ0v) is 17.6. The number of amides is 1. The molecule has 2 aromatic carbocycles. The Balaban J connectivity index is 1.49. The summed E-state index contributed by atoms with van der Waals surface area (Å²) in [6, 6.07) is 12.5. The molecule has 29 heavy (non-hydrogen) atoms. The number of rotatable bonds is 5. The third-order valence-electron chi connectivity index (χ3n) is 5.81. The smallest absolute Gasteiger partial charge is 0.251 e. The molecule has 0 bridgehead atoms. The van der Waals surface area contributed by atoms with Crippen LogP contribution in [0.4, 0.5) is 4.39 Å². The highest BCUT2D eigenvalue weighted by molar-refractivity contribution is 7.98. The number of hydrogen-bond acceptors (Lipinski definition) is 3. The normalized spacial score (nSPS) is 19.4. The van der Waals surface area contributed by atoms with Crippen molar-refractivity contribution >= 4 is 28.7 Å². The van der Waals surface area contributed by atoms with E-state index in [9.17, 15) is 9.18 Å². The molecule has 0 radical (unpaired) electrons. The van der Waals surface area contributed by atoms with Gasteiger partial charge in [0.1, 0.15) is 5.82 Å². The van der Waals surface area contributed by atoms with Crippen LogP contribution in [0.25, 0.3) is 11.0 Å². The van der Waals surface area contributed by atoms with Gasteiger partial charge in [0.2, 0.25) is 0 Å². The van der Waals surface area contributed by atoms with Crippen molar-refractivity contribution in [3.8, 4) is 0 Å². The average Bonchev–Trinajstić information content (AvgIpc) is 3.04. The number of aryl methyl sites for hydroxylation is 1. The van der Waals surface area contributed by atoms with Gasteiger partial charge in [-0.25, -0.2) is 9.37 Å². The van der Waals surface area contributed by atoms with Gasteiger partial charge in [0.15, 0.2) is 5.16 Å². The molecule has 2 atom stereocenters. The van der Waals surface area contributed by atoms with Gasteiger partial charge in [-0.3, -0.25) is 4.79 Å². The second-order valence-corrected chi connectivity index (χ2v) is 8.86. The molecule has 1 aliphatic carbocycles. The molecule has 6 heteroatoms. The van der Waals surface area contributed by atoms with Crippen LogP contribution >= 0.6 is 11.8 Å². The molecular formula is C23H26FN3OS. The number of thioether (sulfide) groups is 1. The minimum atomic E-state index is -0.227. The lowest BCUT2D eigenvalue weighted by atomic mass is 9.86. The molecule has 3 aromatic rings. The van der Waals surface area contributed by atoms with Crippen LogP contribution in [0.1, 0.15) is 48.5 Å². The number of carbonyl (C=O) groups excluding carboxylic acids is 1. The number of imidazole rings is 1. The highest BCUT2D eigenvalue weighted by Gasteiger charge is 2.23. The van der Waals surface area contributed by atoms with Gasteiger partial charge in [-0.05, 0) is 54.7 Å². The Hall–Kier alpha value is -2.34. The van der Waals surface area contributed by atoms with E-state index in [2.05, 4.69) is 12.2 Å². The maximum atomic E-state index is 13.1. The van der Waals surface area contributed by atoms with Crippen LogP contribution in [0.2, 0.25) is 0 Å². The predicted octanol–water partition coefficient (Wildman–Crippen LogP) is 5.31. The first kappa shape index (κ1) is 20.0. The van der Waals surface area contributed by atoms with Crippen molar-refractivity contribution in [2.45, 2.75) is 49.6 Å². The summed E-state index contributed by atoms with van der Waals surface area (Å²) < 4.78 is 15.1. The van der Waals surface area contributed by atoms with E-state index in [1.54, 1.807) is 23.9 Å². The van der Waals surface area contributed by atoms with Gasteiger partial charge in [-0.2, -0.15) is 0 Å². The molecule has 152 valence electrons. The van der Waals surface area contributed by atoms with E-state index in [-0.39, 0.29) is 17.8 Å². The van der Waals surface area contributed by atoms with Gasteiger partial charge in [0.05, 0.1) is 11.0 Å². The van der Waals surface area contributed by atoms with E-state index in [0.717, 1.165) is 28.2 Å². The number of nitrogens with zero attached hydrogens (tertiary/aromatic N) is 2. The fraction of sp³-hybridized carbons (Fsp3) is 0.391. The number of nitrogens with one attached hydrogen (secondary N) is 1. The molecule has 2 unspecified atom stereocenters. The first-order valence-corrected chi connectivity index (χ1v) is 11.1. The van der Waals surface area contributed by atoms with E-state index in [1.165, 1.54) is 31.4 Å². The summed E-state index contributed by atoms with van der Waals surface area (Å²) in [4.78, 5) is 17.5. The number of hydrogen-bond donors (Lipinski definition) is 1. The Kier molecular flexibility index (Phi) is 5.90. The molecule has 1 N–H and O–H groups in total.